The Bertz CT molecular complexity index is 874. The van der Waals surface area contributed by atoms with Crippen LogP contribution in [0.25, 0.3) is 10.8 Å². The van der Waals surface area contributed by atoms with Gasteiger partial charge in [0.05, 0.1) is 4.92 Å². The summed E-state index contributed by atoms with van der Waals surface area (Å²) < 4.78 is 0. The molecule has 0 aromatic heterocycles. The van der Waals surface area contributed by atoms with Crippen molar-refractivity contribution >= 4 is 16.5 Å². The van der Waals surface area contributed by atoms with Crippen LogP contribution in [-0.4, -0.2) is 21.7 Å². The number of phenolic OH excluding ortho intramolecular Hbond substituents is 1. The first kappa shape index (κ1) is 16.0. The molecule has 0 radical (unpaired) electrons. The summed E-state index contributed by atoms with van der Waals surface area (Å²) in [5.74, 6) is -0.0506. The predicted molar refractivity (Wildman–Crippen MR) is 92.3 cm³/mol. The van der Waals surface area contributed by atoms with Crippen LogP contribution in [0.4, 0.5) is 5.69 Å². The third kappa shape index (κ3) is 2.94. The minimum absolute atomic E-state index is 0.0178. The molecule has 0 spiro atoms. The molecule has 0 saturated heterocycles. The van der Waals surface area contributed by atoms with Gasteiger partial charge in [-0.2, -0.15) is 0 Å². The number of hydrogen-bond donors (Lipinski definition) is 2. The second kappa shape index (κ2) is 6.68. The Kier molecular flexibility index (Phi) is 4.44. The van der Waals surface area contributed by atoms with Crippen molar-refractivity contribution in [3.63, 3.8) is 0 Å². The van der Waals surface area contributed by atoms with Gasteiger partial charge in [-0.25, -0.2) is 0 Å². The highest BCUT2D eigenvalue weighted by molar-refractivity contribution is 5.89. The van der Waals surface area contributed by atoms with Gasteiger partial charge in [0.25, 0.3) is 5.69 Å². The molecule has 0 saturated carbocycles. The van der Waals surface area contributed by atoms with Gasteiger partial charge in [-0.15, -0.1) is 0 Å². The number of nitro benzene ring substituents is 1. The quantitative estimate of drug-likeness (QED) is 0.550. The molecule has 0 unspecified atom stereocenters. The number of aliphatic hydroxyl groups is 1. The maximum atomic E-state index is 10.8. The number of benzene rings is 3. The Labute approximate surface area is 139 Å². The van der Waals surface area contributed by atoms with Crippen LogP contribution in [0.3, 0.4) is 0 Å². The molecule has 5 nitrogen and oxygen atoms in total. The number of hydrogen-bond acceptors (Lipinski definition) is 4. The normalized spacial score (nSPS) is 12.2. The maximum absolute atomic E-state index is 10.8. The van der Waals surface area contributed by atoms with E-state index < -0.39 is 4.92 Å². The highest BCUT2D eigenvalue weighted by Crippen LogP contribution is 2.38. The van der Waals surface area contributed by atoms with Gasteiger partial charge in [0.1, 0.15) is 5.75 Å². The first-order chi connectivity index (χ1) is 11.6. The van der Waals surface area contributed by atoms with Gasteiger partial charge in [0, 0.05) is 35.6 Å². The zero-order valence-electron chi connectivity index (χ0n) is 12.9. The first-order valence-corrected chi connectivity index (χ1v) is 7.67. The van der Waals surface area contributed by atoms with E-state index in [4.69, 9.17) is 0 Å². The molecule has 3 rings (SSSR count). The average Bonchev–Trinajstić information content (AvgIpc) is 2.61. The number of rotatable bonds is 5. The Morgan fingerprint density at radius 2 is 1.71 bits per heavy atom. The summed E-state index contributed by atoms with van der Waals surface area (Å²) in [5.41, 5.74) is 1.54. The molecule has 0 aliphatic heterocycles. The van der Waals surface area contributed by atoms with Gasteiger partial charge in [0.2, 0.25) is 0 Å². The molecular weight excluding hydrogens is 306 g/mol. The summed E-state index contributed by atoms with van der Waals surface area (Å²) in [6, 6.07) is 17.5. The smallest absolute Gasteiger partial charge is 0.269 e. The lowest BCUT2D eigenvalue weighted by Gasteiger charge is -2.19. The second-order valence-corrected chi connectivity index (χ2v) is 5.64. The van der Waals surface area contributed by atoms with Crippen LogP contribution in [-0.2, 0) is 0 Å². The van der Waals surface area contributed by atoms with E-state index in [-0.39, 0.29) is 24.0 Å². The van der Waals surface area contributed by atoms with E-state index in [1.165, 1.54) is 12.1 Å². The van der Waals surface area contributed by atoms with E-state index in [0.29, 0.717) is 12.0 Å². The first-order valence-electron chi connectivity index (χ1n) is 7.67. The van der Waals surface area contributed by atoms with E-state index in [0.717, 1.165) is 16.3 Å². The van der Waals surface area contributed by atoms with Crippen molar-refractivity contribution in [2.45, 2.75) is 12.3 Å². The summed E-state index contributed by atoms with van der Waals surface area (Å²) >= 11 is 0. The second-order valence-electron chi connectivity index (χ2n) is 5.64. The van der Waals surface area contributed by atoms with Crippen molar-refractivity contribution in [2.75, 3.05) is 6.61 Å². The zero-order chi connectivity index (χ0) is 17.1. The van der Waals surface area contributed by atoms with Crippen molar-refractivity contribution in [2.24, 2.45) is 0 Å². The number of aliphatic hydroxyl groups excluding tert-OH is 1. The molecule has 122 valence electrons. The maximum Gasteiger partial charge on any atom is 0.269 e. The molecule has 24 heavy (non-hydrogen) atoms. The molecule has 0 bridgehead atoms. The van der Waals surface area contributed by atoms with Gasteiger partial charge in [-0.1, -0.05) is 48.5 Å². The van der Waals surface area contributed by atoms with E-state index in [1.54, 1.807) is 12.1 Å². The fourth-order valence-electron chi connectivity index (χ4n) is 3.01. The molecule has 2 N–H and O–H groups in total. The van der Waals surface area contributed by atoms with Gasteiger partial charge in [0.15, 0.2) is 0 Å². The van der Waals surface area contributed by atoms with Crippen molar-refractivity contribution in [1.29, 1.82) is 0 Å². The fraction of sp³-hybridized carbons (Fsp3) is 0.158. The predicted octanol–water partition coefficient (Wildman–Crippen LogP) is 3.97. The zero-order valence-corrected chi connectivity index (χ0v) is 12.9. The highest BCUT2D eigenvalue weighted by Gasteiger charge is 2.19. The van der Waals surface area contributed by atoms with Gasteiger partial charge < -0.3 is 10.2 Å². The molecule has 1 atom stereocenters. The Morgan fingerprint density at radius 3 is 2.38 bits per heavy atom. The topological polar surface area (TPSA) is 83.6 Å². The van der Waals surface area contributed by atoms with Crippen LogP contribution in [0.5, 0.6) is 5.75 Å². The molecule has 0 amide bonds. The Morgan fingerprint density at radius 1 is 1.00 bits per heavy atom. The van der Waals surface area contributed by atoms with Crippen LogP contribution in [0, 0.1) is 10.1 Å². The number of aromatic hydroxyl groups is 1. The number of fused-ring (bicyclic) bond motifs is 1. The van der Waals surface area contributed by atoms with E-state index >= 15 is 0 Å². The molecule has 0 aliphatic carbocycles. The van der Waals surface area contributed by atoms with Crippen LogP contribution < -0.4 is 0 Å². The van der Waals surface area contributed by atoms with Crippen molar-refractivity contribution in [3.05, 3.63) is 81.9 Å². The van der Waals surface area contributed by atoms with Crippen molar-refractivity contribution in [1.82, 2.24) is 0 Å². The summed E-state index contributed by atoms with van der Waals surface area (Å²) in [6.45, 7) is -0.0477. The van der Waals surface area contributed by atoms with Crippen LogP contribution in [0.1, 0.15) is 23.5 Å². The summed E-state index contributed by atoms with van der Waals surface area (Å²) in [6.07, 6.45) is 0.420. The molecule has 3 aromatic rings. The molecule has 3 aromatic carbocycles. The van der Waals surface area contributed by atoms with Crippen LogP contribution in [0.15, 0.2) is 60.7 Å². The highest BCUT2D eigenvalue weighted by atomic mass is 16.6. The third-order valence-corrected chi connectivity index (χ3v) is 4.23. The van der Waals surface area contributed by atoms with Gasteiger partial charge in [-0.3, -0.25) is 10.1 Å². The minimum atomic E-state index is -0.446. The minimum Gasteiger partial charge on any atom is -0.507 e. The fourth-order valence-corrected chi connectivity index (χ4v) is 3.01. The third-order valence-electron chi connectivity index (χ3n) is 4.23. The molecule has 5 heteroatoms. The van der Waals surface area contributed by atoms with E-state index in [2.05, 4.69) is 0 Å². The molecule has 0 aliphatic rings. The van der Waals surface area contributed by atoms with Crippen LogP contribution >= 0.6 is 0 Å². The SMILES string of the molecule is O=[N+]([O-])c1ccc([C@H](CCO)c2ccc3ccccc3c2O)cc1. The molecular formula is C19H17NO4. The van der Waals surface area contributed by atoms with Gasteiger partial charge in [-0.05, 0) is 17.4 Å². The lowest BCUT2D eigenvalue weighted by atomic mass is 9.86. The average molecular weight is 323 g/mol. The Hall–Kier alpha value is -2.92. The monoisotopic (exact) mass is 323 g/mol. The lowest BCUT2D eigenvalue weighted by Crippen LogP contribution is -2.04. The number of nitrogens with zero attached hydrogens (tertiary/aromatic N) is 1. The van der Waals surface area contributed by atoms with E-state index in [9.17, 15) is 20.3 Å². The van der Waals surface area contributed by atoms with Gasteiger partial charge >= 0.3 is 0 Å². The molecule has 0 fully saturated rings. The lowest BCUT2D eigenvalue weighted by molar-refractivity contribution is -0.384. The number of phenols is 1. The van der Waals surface area contributed by atoms with Crippen molar-refractivity contribution < 1.29 is 15.1 Å². The molecule has 0 heterocycles. The standard InChI is InChI=1S/C19H17NO4/c21-12-11-16(14-5-8-15(9-6-14)20(23)24)18-10-7-13-3-1-2-4-17(13)19(18)22/h1-10,16,21-22H,11-12H2/t16-/m0/s1. The summed E-state index contributed by atoms with van der Waals surface area (Å²) in [5, 5.41) is 32.6. The number of nitro groups is 1. The van der Waals surface area contributed by atoms with Crippen molar-refractivity contribution in [3.8, 4) is 5.75 Å². The summed E-state index contributed by atoms with van der Waals surface area (Å²) in [4.78, 5) is 10.4. The van der Waals surface area contributed by atoms with Crippen LogP contribution in [0.2, 0.25) is 0 Å². The Balaban J connectivity index is 2.08. The van der Waals surface area contributed by atoms with E-state index in [1.807, 2.05) is 36.4 Å². The largest absolute Gasteiger partial charge is 0.507 e. The number of non-ortho nitro benzene ring substituents is 1. The summed E-state index contributed by atoms with van der Waals surface area (Å²) in [7, 11) is 0.